The molecule has 2 heterocycles. The maximum atomic E-state index is 11.3. The first-order chi connectivity index (χ1) is 18.8. The Morgan fingerprint density at radius 2 is 1.56 bits per heavy atom. The van der Waals surface area contributed by atoms with Crippen LogP contribution in [0.2, 0.25) is 0 Å². The van der Waals surface area contributed by atoms with E-state index in [1.165, 1.54) is 5.56 Å². The number of hydrogen-bond acceptors (Lipinski definition) is 6. The van der Waals surface area contributed by atoms with Gasteiger partial charge in [-0.25, -0.2) is 0 Å². The lowest BCUT2D eigenvalue weighted by atomic mass is 9.76. The molecular weight excluding hydrogens is 496 g/mol. The lowest BCUT2D eigenvalue weighted by Crippen LogP contribution is -2.50. The molecule has 0 bridgehead atoms. The SMILES string of the molecule is COCC1(COc2cc(C)c(-c3cccc(COc4ccc(C5(CC(=O)O)COC5)cc4)c3)c(C)c2)COC1. The number of benzene rings is 3. The average Bonchev–Trinajstić information content (AvgIpc) is 2.87. The first kappa shape index (κ1) is 27.2. The Labute approximate surface area is 229 Å². The molecule has 0 unspecified atom stereocenters. The van der Waals surface area contributed by atoms with Gasteiger partial charge in [-0.1, -0.05) is 30.3 Å². The first-order valence-corrected chi connectivity index (χ1v) is 13.2. The normalized spacial score (nSPS) is 17.1. The number of rotatable bonds is 12. The molecule has 2 saturated heterocycles. The predicted molar refractivity (Wildman–Crippen MR) is 147 cm³/mol. The molecule has 1 N–H and O–H groups in total. The molecule has 7 nitrogen and oxygen atoms in total. The van der Waals surface area contributed by atoms with Crippen molar-refractivity contribution < 1.29 is 33.6 Å². The van der Waals surface area contributed by atoms with Crippen molar-refractivity contribution in [3.8, 4) is 22.6 Å². The van der Waals surface area contributed by atoms with E-state index in [-0.39, 0.29) is 11.8 Å². The molecule has 0 aromatic heterocycles. The second-order valence-electron chi connectivity index (χ2n) is 11.0. The lowest BCUT2D eigenvalue weighted by molar-refractivity contribution is -0.159. The highest BCUT2D eigenvalue weighted by molar-refractivity contribution is 5.72. The molecule has 0 radical (unpaired) electrons. The first-order valence-electron chi connectivity index (χ1n) is 13.2. The molecule has 0 saturated carbocycles. The summed E-state index contributed by atoms with van der Waals surface area (Å²) in [4.78, 5) is 11.3. The number of methoxy groups -OCH3 is 1. The molecular formula is C32H36O7. The average molecular weight is 533 g/mol. The quantitative estimate of drug-likeness (QED) is 0.337. The fraction of sp³-hybridized carbons (Fsp3) is 0.406. The van der Waals surface area contributed by atoms with Crippen LogP contribution in [0.5, 0.6) is 11.5 Å². The predicted octanol–water partition coefficient (Wildman–Crippen LogP) is 5.33. The van der Waals surface area contributed by atoms with Crippen LogP contribution >= 0.6 is 0 Å². The maximum absolute atomic E-state index is 11.3. The van der Waals surface area contributed by atoms with Crippen LogP contribution in [0.1, 0.15) is 28.7 Å². The number of carbonyl (C=O) groups is 1. The Hall–Kier alpha value is -3.39. The molecule has 0 aliphatic carbocycles. The second kappa shape index (κ2) is 11.4. The van der Waals surface area contributed by atoms with Crippen LogP contribution in [0.25, 0.3) is 11.1 Å². The van der Waals surface area contributed by atoms with Crippen molar-refractivity contribution in [2.24, 2.45) is 5.41 Å². The van der Waals surface area contributed by atoms with E-state index in [1.807, 2.05) is 24.3 Å². The molecule has 3 aromatic carbocycles. The van der Waals surface area contributed by atoms with E-state index in [1.54, 1.807) is 7.11 Å². The highest BCUT2D eigenvalue weighted by Crippen LogP contribution is 2.37. The van der Waals surface area contributed by atoms with Crippen molar-refractivity contribution in [3.63, 3.8) is 0 Å². The number of carboxylic acids is 1. The fourth-order valence-corrected chi connectivity index (χ4v) is 5.50. The van der Waals surface area contributed by atoms with Crippen LogP contribution in [0.3, 0.4) is 0 Å². The molecule has 206 valence electrons. The van der Waals surface area contributed by atoms with E-state index in [0.29, 0.717) is 46.2 Å². The van der Waals surface area contributed by atoms with Gasteiger partial charge >= 0.3 is 5.97 Å². The van der Waals surface area contributed by atoms with E-state index >= 15 is 0 Å². The molecule has 2 aliphatic rings. The van der Waals surface area contributed by atoms with Gasteiger partial charge in [-0.3, -0.25) is 4.79 Å². The lowest BCUT2D eigenvalue weighted by Gasteiger charge is -2.40. The van der Waals surface area contributed by atoms with Gasteiger partial charge in [-0.2, -0.15) is 0 Å². The minimum atomic E-state index is -0.814. The number of carboxylic acid groups (broad SMARTS) is 1. The van der Waals surface area contributed by atoms with Crippen molar-refractivity contribution in [2.45, 2.75) is 32.3 Å². The Balaban J connectivity index is 1.24. The van der Waals surface area contributed by atoms with Gasteiger partial charge in [0.1, 0.15) is 24.7 Å². The zero-order valence-corrected chi connectivity index (χ0v) is 22.8. The summed E-state index contributed by atoms with van der Waals surface area (Å²) < 4.78 is 28.3. The fourth-order valence-electron chi connectivity index (χ4n) is 5.50. The van der Waals surface area contributed by atoms with E-state index in [4.69, 9.17) is 23.7 Å². The Bertz CT molecular complexity index is 1280. The summed E-state index contributed by atoms with van der Waals surface area (Å²) in [5.41, 5.74) is 6.17. The third-order valence-electron chi connectivity index (χ3n) is 7.65. The highest BCUT2D eigenvalue weighted by Gasteiger charge is 2.42. The standard InChI is InChI=1S/C32H36O7/c1-22-11-28(39-19-31(16-35-3)17-36-18-31)12-23(2)30(22)25-6-4-5-24(13-25)15-38-27-9-7-26(8-10-27)32(14-29(33)34)20-37-21-32/h4-13H,14-21H2,1-3H3,(H,33,34). The summed E-state index contributed by atoms with van der Waals surface area (Å²) in [5.74, 6) is 0.787. The van der Waals surface area contributed by atoms with Crippen LogP contribution in [-0.4, -0.2) is 57.8 Å². The van der Waals surface area contributed by atoms with Crippen LogP contribution in [0, 0.1) is 19.3 Å². The smallest absolute Gasteiger partial charge is 0.304 e. The summed E-state index contributed by atoms with van der Waals surface area (Å²) in [6.45, 7) is 8.04. The molecule has 7 heteroatoms. The summed E-state index contributed by atoms with van der Waals surface area (Å²) in [5, 5.41) is 9.28. The monoisotopic (exact) mass is 532 g/mol. The number of hydrogen-bond donors (Lipinski definition) is 1. The number of ether oxygens (including phenoxy) is 5. The largest absolute Gasteiger partial charge is 0.493 e. The molecule has 2 aliphatic heterocycles. The topological polar surface area (TPSA) is 83.5 Å². The van der Waals surface area contributed by atoms with Gasteiger partial charge < -0.3 is 28.8 Å². The van der Waals surface area contributed by atoms with Gasteiger partial charge in [0.25, 0.3) is 0 Å². The third-order valence-corrected chi connectivity index (χ3v) is 7.65. The summed E-state index contributed by atoms with van der Waals surface area (Å²) >= 11 is 0. The molecule has 5 rings (SSSR count). The highest BCUT2D eigenvalue weighted by atomic mass is 16.5. The van der Waals surface area contributed by atoms with Crippen LogP contribution in [0.15, 0.2) is 60.7 Å². The Morgan fingerprint density at radius 1 is 0.872 bits per heavy atom. The molecule has 0 atom stereocenters. The van der Waals surface area contributed by atoms with Gasteiger partial charge in [-0.05, 0) is 77.6 Å². The van der Waals surface area contributed by atoms with Crippen LogP contribution in [-0.2, 0) is 31.0 Å². The van der Waals surface area contributed by atoms with Gasteiger partial charge in [0, 0.05) is 7.11 Å². The van der Waals surface area contributed by atoms with E-state index < -0.39 is 11.4 Å². The van der Waals surface area contributed by atoms with Crippen LogP contribution in [0.4, 0.5) is 0 Å². The molecule has 2 fully saturated rings. The number of aryl methyl sites for hydroxylation is 2. The minimum absolute atomic E-state index is 0.0601. The van der Waals surface area contributed by atoms with E-state index in [0.717, 1.165) is 39.3 Å². The van der Waals surface area contributed by atoms with E-state index in [9.17, 15) is 9.90 Å². The van der Waals surface area contributed by atoms with Gasteiger partial charge in [0.2, 0.25) is 0 Å². The molecule has 39 heavy (non-hydrogen) atoms. The minimum Gasteiger partial charge on any atom is -0.493 e. The molecule has 0 spiro atoms. The summed E-state index contributed by atoms with van der Waals surface area (Å²) in [7, 11) is 1.71. The zero-order valence-electron chi connectivity index (χ0n) is 22.8. The van der Waals surface area contributed by atoms with Gasteiger partial charge in [0.05, 0.1) is 50.3 Å². The van der Waals surface area contributed by atoms with E-state index in [2.05, 4.69) is 50.2 Å². The Morgan fingerprint density at radius 3 is 2.13 bits per heavy atom. The maximum Gasteiger partial charge on any atom is 0.304 e. The van der Waals surface area contributed by atoms with Gasteiger partial charge in [-0.15, -0.1) is 0 Å². The van der Waals surface area contributed by atoms with Crippen molar-refractivity contribution in [1.82, 2.24) is 0 Å². The molecule has 0 amide bonds. The Kier molecular flexibility index (Phi) is 7.93. The number of aliphatic carboxylic acids is 1. The van der Waals surface area contributed by atoms with Gasteiger partial charge in [0.15, 0.2) is 0 Å². The third kappa shape index (κ3) is 5.96. The van der Waals surface area contributed by atoms with Crippen LogP contribution < -0.4 is 9.47 Å². The van der Waals surface area contributed by atoms with Crippen molar-refractivity contribution in [3.05, 3.63) is 82.9 Å². The van der Waals surface area contributed by atoms with Crippen molar-refractivity contribution >= 4 is 5.97 Å². The summed E-state index contributed by atoms with van der Waals surface area (Å²) in [6.07, 6.45) is 0.0650. The van der Waals surface area contributed by atoms with Crippen molar-refractivity contribution in [2.75, 3.05) is 46.8 Å². The zero-order chi connectivity index (χ0) is 27.5. The van der Waals surface area contributed by atoms with Crippen molar-refractivity contribution in [1.29, 1.82) is 0 Å². The summed E-state index contributed by atoms with van der Waals surface area (Å²) in [6, 6.07) is 20.3. The second-order valence-corrected chi connectivity index (χ2v) is 11.0. The molecule has 3 aromatic rings.